The van der Waals surface area contributed by atoms with Gasteiger partial charge in [-0.1, -0.05) is 6.07 Å². The van der Waals surface area contributed by atoms with E-state index in [0.717, 1.165) is 25.0 Å². The molecule has 2 amide bonds. The van der Waals surface area contributed by atoms with Crippen molar-refractivity contribution in [3.05, 3.63) is 89.5 Å². The Morgan fingerprint density at radius 2 is 1.52 bits per heavy atom. The maximum Gasteiger partial charge on any atom is 0.261 e. The topological polar surface area (TPSA) is 104 Å². The van der Waals surface area contributed by atoms with Crippen LogP contribution in [0.4, 0.5) is 20.2 Å². The Balaban J connectivity index is 1.42. The van der Waals surface area contributed by atoms with Gasteiger partial charge in [0.2, 0.25) is 0 Å². The smallest absolute Gasteiger partial charge is 0.261 e. The first-order valence-corrected chi connectivity index (χ1v) is 11.5. The minimum atomic E-state index is -4.15. The summed E-state index contributed by atoms with van der Waals surface area (Å²) >= 11 is 0. The molecule has 0 unspecified atom stereocenters. The molecular weight excluding hydrogens is 452 g/mol. The number of sulfonamides is 1. The van der Waals surface area contributed by atoms with Crippen molar-refractivity contribution < 1.29 is 26.8 Å². The molecule has 0 spiro atoms. The Hall–Kier alpha value is -3.79. The zero-order valence-corrected chi connectivity index (χ0v) is 18.0. The molecule has 1 saturated carbocycles. The lowest BCUT2D eigenvalue weighted by Crippen LogP contribution is -2.25. The Morgan fingerprint density at radius 1 is 0.788 bits per heavy atom. The predicted octanol–water partition coefficient (Wildman–Crippen LogP) is 3.91. The van der Waals surface area contributed by atoms with Crippen LogP contribution in [-0.2, 0) is 10.0 Å². The van der Waals surface area contributed by atoms with Crippen molar-refractivity contribution in [2.45, 2.75) is 23.8 Å². The van der Waals surface area contributed by atoms with Crippen molar-refractivity contribution in [2.75, 3.05) is 10.0 Å². The van der Waals surface area contributed by atoms with E-state index in [1.807, 2.05) is 0 Å². The molecule has 0 saturated heterocycles. The highest BCUT2D eigenvalue weighted by Gasteiger charge is 2.24. The number of carbonyl (C=O) groups excluding carboxylic acids is 2. The van der Waals surface area contributed by atoms with E-state index in [1.165, 1.54) is 24.3 Å². The summed E-state index contributed by atoms with van der Waals surface area (Å²) in [5, 5.41) is 5.57. The number of rotatable bonds is 7. The normalized spacial score (nSPS) is 13.3. The molecule has 3 aromatic rings. The molecule has 7 nitrogen and oxygen atoms in total. The van der Waals surface area contributed by atoms with E-state index in [1.54, 1.807) is 24.3 Å². The summed E-state index contributed by atoms with van der Waals surface area (Å²) in [5.41, 5.74) is 1.25. The van der Waals surface area contributed by atoms with Crippen LogP contribution in [0, 0.1) is 11.6 Å². The van der Waals surface area contributed by atoms with Crippen molar-refractivity contribution in [1.29, 1.82) is 0 Å². The summed E-state index contributed by atoms with van der Waals surface area (Å²) in [6, 6.07) is 14.5. The van der Waals surface area contributed by atoms with Crippen molar-refractivity contribution >= 4 is 33.2 Å². The van der Waals surface area contributed by atoms with Gasteiger partial charge in [-0.05, 0) is 73.5 Å². The molecule has 0 heterocycles. The molecule has 33 heavy (non-hydrogen) atoms. The minimum Gasteiger partial charge on any atom is -0.349 e. The van der Waals surface area contributed by atoms with E-state index >= 15 is 0 Å². The molecule has 4 rings (SSSR count). The molecule has 3 aromatic carbocycles. The molecule has 3 N–H and O–H groups in total. The van der Waals surface area contributed by atoms with Crippen molar-refractivity contribution in [1.82, 2.24) is 5.32 Å². The van der Waals surface area contributed by atoms with Crippen molar-refractivity contribution in [2.24, 2.45) is 0 Å². The summed E-state index contributed by atoms with van der Waals surface area (Å²) < 4.78 is 53.4. The second-order valence-corrected chi connectivity index (χ2v) is 9.22. The van der Waals surface area contributed by atoms with Gasteiger partial charge in [-0.3, -0.25) is 14.3 Å². The van der Waals surface area contributed by atoms with Crippen molar-refractivity contribution in [3.8, 4) is 0 Å². The minimum absolute atomic E-state index is 0.134. The largest absolute Gasteiger partial charge is 0.349 e. The van der Waals surface area contributed by atoms with Gasteiger partial charge < -0.3 is 10.6 Å². The first kappa shape index (κ1) is 22.4. The highest BCUT2D eigenvalue weighted by molar-refractivity contribution is 7.92. The van der Waals surface area contributed by atoms with Gasteiger partial charge >= 0.3 is 0 Å². The number of benzene rings is 3. The maximum absolute atomic E-state index is 13.4. The molecule has 0 bridgehead atoms. The summed E-state index contributed by atoms with van der Waals surface area (Å²) in [6.45, 7) is 0. The van der Waals surface area contributed by atoms with Gasteiger partial charge in [-0.15, -0.1) is 0 Å². The number of nitrogens with one attached hydrogen (secondary N) is 3. The lowest BCUT2D eigenvalue weighted by molar-refractivity contribution is 0.0949. The van der Waals surface area contributed by atoms with Crippen molar-refractivity contribution in [3.63, 3.8) is 0 Å². The van der Waals surface area contributed by atoms with Gasteiger partial charge in [0.15, 0.2) is 11.6 Å². The number of halogens is 2. The number of anilines is 2. The second-order valence-electron chi connectivity index (χ2n) is 7.54. The van der Waals surface area contributed by atoms with Crippen LogP contribution in [0.2, 0.25) is 0 Å². The van der Waals surface area contributed by atoms with Crippen LogP contribution in [0.1, 0.15) is 33.6 Å². The molecule has 0 aromatic heterocycles. The van der Waals surface area contributed by atoms with E-state index in [0.29, 0.717) is 17.3 Å². The second kappa shape index (κ2) is 8.99. The van der Waals surface area contributed by atoms with E-state index in [9.17, 15) is 26.8 Å². The maximum atomic E-state index is 13.4. The van der Waals surface area contributed by atoms with E-state index in [-0.39, 0.29) is 23.2 Å². The van der Waals surface area contributed by atoms with Gasteiger partial charge in [0, 0.05) is 28.5 Å². The number of amides is 2. The molecular formula is C23H19F2N3O4S. The lowest BCUT2D eigenvalue weighted by atomic mass is 10.1. The third kappa shape index (κ3) is 5.53. The van der Waals surface area contributed by atoms with E-state index in [4.69, 9.17) is 0 Å². The van der Waals surface area contributed by atoms with Crippen LogP contribution < -0.4 is 15.4 Å². The zero-order chi connectivity index (χ0) is 23.6. The van der Waals surface area contributed by atoms with Crippen LogP contribution in [0.15, 0.2) is 71.6 Å². The standard InChI is InChI=1S/C23H19F2N3O4S/c24-20-11-10-19(13-21(20)25)33(31,32)28-17-6-4-14(5-7-17)22(29)27-18-3-1-2-15(12-18)23(30)26-16-8-9-16/h1-7,10-13,16,28H,8-9H2,(H,26,30)(H,27,29). The molecule has 1 aliphatic carbocycles. The molecule has 0 atom stereocenters. The monoisotopic (exact) mass is 471 g/mol. The quantitative estimate of drug-likeness (QED) is 0.486. The highest BCUT2D eigenvalue weighted by atomic mass is 32.2. The van der Waals surface area contributed by atoms with E-state index < -0.39 is 32.5 Å². The van der Waals surface area contributed by atoms with Crippen LogP contribution in [0.3, 0.4) is 0 Å². The molecule has 0 aliphatic heterocycles. The van der Waals surface area contributed by atoms with Gasteiger partial charge in [0.25, 0.3) is 21.8 Å². The first-order chi connectivity index (χ1) is 15.7. The predicted molar refractivity (Wildman–Crippen MR) is 118 cm³/mol. The fourth-order valence-electron chi connectivity index (χ4n) is 2.99. The summed E-state index contributed by atoms with van der Waals surface area (Å²) in [6.07, 6.45) is 1.93. The fourth-order valence-corrected chi connectivity index (χ4v) is 4.06. The first-order valence-electron chi connectivity index (χ1n) is 10.0. The Kier molecular flexibility index (Phi) is 6.10. The van der Waals surface area contributed by atoms with E-state index in [2.05, 4.69) is 15.4 Å². The third-order valence-electron chi connectivity index (χ3n) is 4.90. The Bertz CT molecular complexity index is 1320. The SMILES string of the molecule is O=C(Nc1cccc(C(=O)NC2CC2)c1)c1ccc(NS(=O)(=O)c2ccc(F)c(F)c2)cc1. The fraction of sp³-hybridized carbons (Fsp3) is 0.130. The van der Waals surface area contributed by atoms with Crippen LogP contribution in [-0.4, -0.2) is 26.3 Å². The average Bonchev–Trinajstić information content (AvgIpc) is 3.60. The summed E-state index contributed by atoms with van der Waals surface area (Å²) in [7, 11) is -4.15. The van der Waals surface area contributed by atoms with Crippen LogP contribution in [0.5, 0.6) is 0 Å². The third-order valence-corrected chi connectivity index (χ3v) is 6.27. The average molecular weight is 471 g/mol. The van der Waals surface area contributed by atoms with Gasteiger partial charge in [0.05, 0.1) is 4.90 Å². The Labute approximate surface area is 188 Å². The molecule has 0 radical (unpaired) electrons. The molecule has 10 heteroatoms. The molecule has 1 aliphatic rings. The molecule has 170 valence electrons. The van der Waals surface area contributed by atoms with Gasteiger partial charge in [-0.25, -0.2) is 17.2 Å². The van der Waals surface area contributed by atoms with Crippen LogP contribution in [0.25, 0.3) is 0 Å². The summed E-state index contributed by atoms with van der Waals surface area (Å²) in [5.74, 6) is -3.09. The van der Waals surface area contributed by atoms with Gasteiger partial charge in [-0.2, -0.15) is 0 Å². The number of carbonyl (C=O) groups is 2. The zero-order valence-electron chi connectivity index (χ0n) is 17.1. The van der Waals surface area contributed by atoms with Gasteiger partial charge in [0.1, 0.15) is 0 Å². The Morgan fingerprint density at radius 3 is 2.18 bits per heavy atom. The molecule has 1 fully saturated rings. The van der Waals surface area contributed by atoms with Crippen LogP contribution >= 0.6 is 0 Å². The number of hydrogen-bond acceptors (Lipinski definition) is 4. The number of hydrogen-bond donors (Lipinski definition) is 3. The summed E-state index contributed by atoms with van der Waals surface area (Å²) in [4.78, 5) is 24.3. The lowest BCUT2D eigenvalue weighted by Gasteiger charge is -2.10. The highest BCUT2D eigenvalue weighted by Crippen LogP contribution is 2.21.